The van der Waals surface area contributed by atoms with Gasteiger partial charge in [0.2, 0.25) is 5.91 Å². The van der Waals surface area contributed by atoms with Gasteiger partial charge in [-0.3, -0.25) is 4.79 Å². The summed E-state index contributed by atoms with van der Waals surface area (Å²) in [5.74, 6) is 2.11. The molecule has 1 aromatic rings. The lowest BCUT2D eigenvalue weighted by atomic mass is 10.1. The highest BCUT2D eigenvalue weighted by Crippen LogP contribution is 2.20. The standard InChI is InChI=1S/C15H27N5O/c1-9(2)13-18-12(16)10(3)14(19-13)17-8-7-11(21)20-15(4,5)6/h9H,7-8H2,1-6H3,(H,20,21)(H3,16,17,18,19). The SMILES string of the molecule is Cc1c(N)nc(C(C)C)nc1NCCC(=O)NC(C)(C)C. The van der Waals surface area contributed by atoms with Gasteiger partial charge in [0.25, 0.3) is 0 Å². The number of nitrogens with zero attached hydrogens (tertiary/aromatic N) is 2. The van der Waals surface area contributed by atoms with Crippen LogP contribution >= 0.6 is 0 Å². The van der Waals surface area contributed by atoms with Crippen LogP contribution in [0, 0.1) is 6.92 Å². The van der Waals surface area contributed by atoms with Gasteiger partial charge >= 0.3 is 0 Å². The van der Waals surface area contributed by atoms with E-state index in [-0.39, 0.29) is 17.4 Å². The molecular weight excluding hydrogens is 266 g/mol. The fourth-order valence-electron chi connectivity index (χ4n) is 1.76. The van der Waals surface area contributed by atoms with E-state index in [1.165, 1.54) is 0 Å². The average molecular weight is 293 g/mol. The van der Waals surface area contributed by atoms with Crippen LogP contribution in [0.25, 0.3) is 0 Å². The van der Waals surface area contributed by atoms with Crippen molar-refractivity contribution in [2.75, 3.05) is 17.6 Å². The maximum Gasteiger partial charge on any atom is 0.222 e. The number of nitrogen functional groups attached to an aromatic ring is 1. The van der Waals surface area contributed by atoms with E-state index in [0.29, 0.717) is 30.4 Å². The van der Waals surface area contributed by atoms with Gasteiger partial charge in [0.15, 0.2) is 0 Å². The van der Waals surface area contributed by atoms with E-state index in [4.69, 9.17) is 5.73 Å². The molecule has 0 saturated heterocycles. The minimum Gasteiger partial charge on any atom is -0.383 e. The number of nitrogens with one attached hydrogen (secondary N) is 2. The number of carbonyl (C=O) groups is 1. The first kappa shape index (κ1) is 17.2. The summed E-state index contributed by atoms with van der Waals surface area (Å²) in [5, 5.41) is 6.10. The lowest BCUT2D eigenvalue weighted by Gasteiger charge is -2.20. The summed E-state index contributed by atoms with van der Waals surface area (Å²) in [5.41, 5.74) is 6.51. The van der Waals surface area contributed by atoms with Gasteiger partial charge in [-0.1, -0.05) is 13.8 Å². The lowest BCUT2D eigenvalue weighted by Crippen LogP contribution is -2.41. The molecule has 6 nitrogen and oxygen atoms in total. The van der Waals surface area contributed by atoms with Crippen LogP contribution in [-0.4, -0.2) is 28.0 Å². The minimum absolute atomic E-state index is 0.0127. The van der Waals surface area contributed by atoms with Gasteiger partial charge in [-0.15, -0.1) is 0 Å². The molecule has 6 heteroatoms. The molecule has 0 bridgehead atoms. The number of nitrogens with two attached hydrogens (primary N) is 1. The fourth-order valence-corrected chi connectivity index (χ4v) is 1.76. The molecule has 0 aliphatic heterocycles. The minimum atomic E-state index is -0.211. The summed E-state index contributed by atoms with van der Waals surface area (Å²) >= 11 is 0. The average Bonchev–Trinajstić information content (AvgIpc) is 2.31. The normalized spacial score (nSPS) is 11.6. The zero-order valence-electron chi connectivity index (χ0n) is 13.9. The fraction of sp³-hybridized carbons (Fsp3) is 0.667. The number of amides is 1. The van der Waals surface area contributed by atoms with Crippen LogP contribution in [0.15, 0.2) is 0 Å². The molecule has 0 spiro atoms. The molecule has 4 N–H and O–H groups in total. The van der Waals surface area contributed by atoms with Crippen LogP contribution in [0.5, 0.6) is 0 Å². The van der Waals surface area contributed by atoms with E-state index in [1.807, 2.05) is 41.5 Å². The van der Waals surface area contributed by atoms with Crippen LogP contribution < -0.4 is 16.4 Å². The Balaban J connectivity index is 2.65. The second-order valence-corrected chi connectivity index (χ2v) is 6.57. The van der Waals surface area contributed by atoms with E-state index < -0.39 is 0 Å². The first-order chi connectivity index (χ1) is 9.60. The van der Waals surface area contributed by atoms with Crippen molar-refractivity contribution in [3.63, 3.8) is 0 Å². The van der Waals surface area contributed by atoms with Crippen molar-refractivity contribution >= 4 is 17.5 Å². The number of carbonyl (C=O) groups excluding carboxylic acids is 1. The predicted molar refractivity (Wildman–Crippen MR) is 86.3 cm³/mol. The van der Waals surface area contributed by atoms with Gasteiger partial charge in [-0.2, -0.15) is 0 Å². The zero-order valence-corrected chi connectivity index (χ0v) is 13.9. The second kappa shape index (κ2) is 6.74. The maximum atomic E-state index is 11.8. The molecule has 1 aromatic heterocycles. The van der Waals surface area contributed by atoms with Gasteiger partial charge in [-0.25, -0.2) is 9.97 Å². The molecule has 0 saturated carbocycles. The third-order valence-corrected chi connectivity index (χ3v) is 2.88. The Labute approximate surface area is 126 Å². The van der Waals surface area contributed by atoms with Gasteiger partial charge in [-0.05, 0) is 27.7 Å². The summed E-state index contributed by atoms with van der Waals surface area (Å²) in [6.07, 6.45) is 0.387. The van der Waals surface area contributed by atoms with Crippen molar-refractivity contribution in [2.45, 2.75) is 59.4 Å². The van der Waals surface area contributed by atoms with E-state index >= 15 is 0 Å². The van der Waals surface area contributed by atoms with Crippen LogP contribution in [0.4, 0.5) is 11.6 Å². The van der Waals surface area contributed by atoms with Crippen molar-refractivity contribution in [1.29, 1.82) is 0 Å². The number of anilines is 2. The summed E-state index contributed by atoms with van der Waals surface area (Å²) in [7, 11) is 0. The van der Waals surface area contributed by atoms with Crippen molar-refractivity contribution < 1.29 is 4.79 Å². The molecule has 0 fully saturated rings. The third-order valence-electron chi connectivity index (χ3n) is 2.88. The van der Waals surface area contributed by atoms with Gasteiger partial charge in [0, 0.05) is 30.0 Å². The highest BCUT2D eigenvalue weighted by atomic mass is 16.1. The molecule has 0 atom stereocenters. The number of hydrogen-bond donors (Lipinski definition) is 3. The first-order valence-electron chi connectivity index (χ1n) is 7.29. The van der Waals surface area contributed by atoms with E-state index in [2.05, 4.69) is 20.6 Å². The van der Waals surface area contributed by atoms with Gasteiger partial charge in [0.05, 0.1) is 0 Å². The Kier molecular flexibility index (Phi) is 5.52. The molecule has 21 heavy (non-hydrogen) atoms. The molecule has 0 aromatic carbocycles. The topological polar surface area (TPSA) is 92.9 Å². The Morgan fingerprint density at radius 3 is 2.43 bits per heavy atom. The summed E-state index contributed by atoms with van der Waals surface area (Å²) in [6.45, 7) is 12.3. The number of rotatable bonds is 5. The van der Waals surface area contributed by atoms with Crippen LogP contribution in [-0.2, 0) is 4.79 Å². The lowest BCUT2D eigenvalue weighted by molar-refractivity contribution is -0.122. The van der Waals surface area contributed by atoms with Crippen molar-refractivity contribution in [3.8, 4) is 0 Å². The van der Waals surface area contributed by atoms with Gasteiger partial charge < -0.3 is 16.4 Å². The van der Waals surface area contributed by atoms with Crippen LogP contribution in [0.2, 0.25) is 0 Å². The molecule has 1 amide bonds. The number of aromatic nitrogens is 2. The molecule has 118 valence electrons. The first-order valence-corrected chi connectivity index (χ1v) is 7.29. The summed E-state index contributed by atoms with van der Waals surface area (Å²) in [4.78, 5) is 20.5. The van der Waals surface area contributed by atoms with Crippen LogP contribution in [0.1, 0.15) is 58.3 Å². The van der Waals surface area contributed by atoms with Crippen molar-refractivity contribution in [2.24, 2.45) is 0 Å². The zero-order chi connectivity index (χ0) is 16.2. The Morgan fingerprint density at radius 1 is 1.29 bits per heavy atom. The van der Waals surface area contributed by atoms with Crippen molar-refractivity contribution in [3.05, 3.63) is 11.4 Å². The Hall–Kier alpha value is -1.85. The molecule has 1 heterocycles. The van der Waals surface area contributed by atoms with E-state index in [1.54, 1.807) is 0 Å². The molecule has 0 aliphatic rings. The Morgan fingerprint density at radius 2 is 1.90 bits per heavy atom. The maximum absolute atomic E-state index is 11.8. The molecule has 1 rings (SSSR count). The van der Waals surface area contributed by atoms with Crippen LogP contribution in [0.3, 0.4) is 0 Å². The third kappa shape index (κ3) is 5.57. The smallest absolute Gasteiger partial charge is 0.222 e. The summed E-state index contributed by atoms with van der Waals surface area (Å²) < 4.78 is 0. The monoisotopic (exact) mass is 293 g/mol. The molecule has 0 radical (unpaired) electrons. The molecule has 0 aliphatic carbocycles. The Bertz CT molecular complexity index is 506. The molecular formula is C15H27N5O. The highest BCUT2D eigenvalue weighted by Gasteiger charge is 2.14. The summed E-state index contributed by atoms with van der Waals surface area (Å²) in [6, 6.07) is 0. The quantitative estimate of drug-likeness (QED) is 0.774. The predicted octanol–water partition coefficient (Wildman–Crippen LogP) is 2.21. The largest absolute Gasteiger partial charge is 0.383 e. The van der Waals surface area contributed by atoms with E-state index in [0.717, 1.165) is 5.56 Å². The molecule has 0 unspecified atom stereocenters. The van der Waals surface area contributed by atoms with Crippen molar-refractivity contribution in [1.82, 2.24) is 15.3 Å². The number of hydrogen-bond acceptors (Lipinski definition) is 5. The van der Waals surface area contributed by atoms with Gasteiger partial charge in [0.1, 0.15) is 17.5 Å². The highest BCUT2D eigenvalue weighted by molar-refractivity contribution is 5.77. The second-order valence-electron chi connectivity index (χ2n) is 6.57. The van der Waals surface area contributed by atoms with E-state index in [9.17, 15) is 4.79 Å².